The minimum Gasteiger partial charge on any atom is -0.397 e. The lowest BCUT2D eigenvalue weighted by Crippen LogP contribution is -1.91. The van der Waals surface area contributed by atoms with Gasteiger partial charge in [-0.05, 0) is 35.4 Å². The van der Waals surface area contributed by atoms with Crippen molar-refractivity contribution in [1.82, 2.24) is 9.97 Å². The Morgan fingerprint density at radius 2 is 1.18 bits per heavy atom. The number of H-pyrrole nitrogens is 1. The van der Waals surface area contributed by atoms with Gasteiger partial charge >= 0.3 is 0 Å². The summed E-state index contributed by atoms with van der Waals surface area (Å²) < 4.78 is 0. The highest BCUT2D eigenvalue weighted by Gasteiger charge is 2.02. The van der Waals surface area contributed by atoms with Gasteiger partial charge in [0.05, 0.1) is 34.9 Å². The van der Waals surface area contributed by atoms with Crippen LogP contribution in [0.2, 0.25) is 0 Å². The highest BCUT2D eigenvalue weighted by atomic mass is 14.9. The molecule has 5 nitrogen and oxygen atoms in total. The van der Waals surface area contributed by atoms with Gasteiger partial charge in [0.15, 0.2) is 0 Å². The second kappa shape index (κ2) is 12.3. The van der Waals surface area contributed by atoms with Crippen molar-refractivity contribution < 1.29 is 0 Å². The van der Waals surface area contributed by atoms with Crippen LogP contribution < -0.4 is 11.5 Å². The van der Waals surface area contributed by atoms with E-state index < -0.39 is 0 Å². The summed E-state index contributed by atoms with van der Waals surface area (Å²) in [7, 11) is 0. The molecular weight excluding hydrogens is 406 g/mol. The third-order valence-corrected chi connectivity index (χ3v) is 4.77. The van der Waals surface area contributed by atoms with E-state index in [0.29, 0.717) is 17.8 Å². The molecule has 0 bridgehead atoms. The largest absolute Gasteiger partial charge is 0.397 e. The van der Waals surface area contributed by atoms with E-state index in [1.807, 2.05) is 66.7 Å². The van der Waals surface area contributed by atoms with Crippen LogP contribution in [0.4, 0.5) is 11.4 Å². The summed E-state index contributed by atoms with van der Waals surface area (Å²) in [6, 6.07) is 37.5. The molecular formula is C28H27N5. The van der Waals surface area contributed by atoms with Crippen LogP contribution in [0.5, 0.6) is 0 Å². The van der Waals surface area contributed by atoms with Crippen molar-refractivity contribution in [3.63, 3.8) is 0 Å². The van der Waals surface area contributed by atoms with Crippen molar-refractivity contribution in [3.05, 3.63) is 126 Å². The molecule has 0 amide bonds. The molecule has 33 heavy (non-hydrogen) atoms. The molecule has 1 aromatic heterocycles. The molecule has 5 rings (SSSR count). The molecule has 0 spiro atoms. The number of rotatable bonds is 3. The number of aromatic amines is 1. The lowest BCUT2D eigenvalue weighted by molar-refractivity contribution is 1.04. The molecule has 5 aromatic rings. The van der Waals surface area contributed by atoms with E-state index in [-0.39, 0.29) is 0 Å². The first-order valence-corrected chi connectivity index (χ1v) is 10.6. The second-order valence-corrected chi connectivity index (χ2v) is 7.31. The summed E-state index contributed by atoms with van der Waals surface area (Å²) in [6.45, 7) is 0. The van der Waals surface area contributed by atoms with Crippen molar-refractivity contribution in [2.45, 2.75) is 12.8 Å². The van der Waals surface area contributed by atoms with Crippen LogP contribution in [0.25, 0.3) is 11.0 Å². The van der Waals surface area contributed by atoms with Gasteiger partial charge in [-0.25, -0.2) is 4.98 Å². The van der Waals surface area contributed by atoms with Gasteiger partial charge in [-0.15, -0.1) is 0 Å². The van der Waals surface area contributed by atoms with Crippen molar-refractivity contribution in [2.24, 2.45) is 0 Å². The van der Waals surface area contributed by atoms with Gasteiger partial charge in [0, 0.05) is 6.42 Å². The number of nitrogen functional groups attached to an aromatic ring is 2. The molecule has 0 saturated carbocycles. The molecule has 0 aliphatic rings. The molecule has 1 heterocycles. The number of nitrogens with one attached hydrogen (secondary N) is 1. The summed E-state index contributed by atoms with van der Waals surface area (Å²) in [4.78, 5) is 7.89. The molecule has 0 radical (unpaired) electrons. The molecule has 0 aliphatic carbocycles. The molecule has 164 valence electrons. The van der Waals surface area contributed by atoms with Crippen molar-refractivity contribution in [2.75, 3.05) is 11.5 Å². The summed E-state index contributed by atoms with van der Waals surface area (Å²) in [5.74, 6) is 1.02. The molecule has 0 atom stereocenters. The van der Waals surface area contributed by atoms with Gasteiger partial charge in [-0.2, -0.15) is 5.26 Å². The first-order chi connectivity index (χ1) is 16.2. The van der Waals surface area contributed by atoms with E-state index in [4.69, 9.17) is 16.7 Å². The number of hydrogen-bond acceptors (Lipinski definition) is 4. The number of benzene rings is 4. The quantitative estimate of drug-likeness (QED) is 0.315. The fourth-order valence-electron chi connectivity index (χ4n) is 3.08. The Labute approximate surface area is 194 Å². The first kappa shape index (κ1) is 23.1. The van der Waals surface area contributed by atoms with Crippen molar-refractivity contribution in [3.8, 4) is 6.07 Å². The van der Waals surface area contributed by atoms with E-state index >= 15 is 0 Å². The predicted molar refractivity (Wildman–Crippen MR) is 136 cm³/mol. The van der Waals surface area contributed by atoms with E-state index in [9.17, 15) is 0 Å². The molecule has 0 saturated heterocycles. The lowest BCUT2D eigenvalue weighted by atomic mass is 10.1. The van der Waals surface area contributed by atoms with Gasteiger partial charge in [0.2, 0.25) is 0 Å². The number of hydrogen-bond donors (Lipinski definition) is 3. The average Bonchev–Trinajstić information content (AvgIpc) is 3.26. The second-order valence-electron chi connectivity index (χ2n) is 7.31. The third-order valence-electron chi connectivity index (χ3n) is 4.77. The number of nitriles is 1. The number of nitrogens with two attached hydrogens (primary N) is 2. The van der Waals surface area contributed by atoms with Crippen LogP contribution in [0, 0.1) is 11.3 Å². The number of fused-ring (bicyclic) bond motifs is 1. The molecule has 4 aromatic carbocycles. The Balaban J connectivity index is 0.000000153. The van der Waals surface area contributed by atoms with Crippen LogP contribution in [0.1, 0.15) is 17.0 Å². The Kier molecular flexibility index (Phi) is 8.64. The zero-order valence-electron chi connectivity index (χ0n) is 18.4. The van der Waals surface area contributed by atoms with Crippen LogP contribution in [0.15, 0.2) is 109 Å². The Morgan fingerprint density at radius 1 is 0.667 bits per heavy atom. The zero-order chi connectivity index (χ0) is 23.3. The third kappa shape index (κ3) is 7.57. The van der Waals surface area contributed by atoms with Gasteiger partial charge in [-0.1, -0.05) is 84.9 Å². The van der Waals surface area contributed by atoms with E-state index in [2.05, 4.69) is 46.4 Å². The highest BCUT2D eigenvalue weighted by molar-refractivity contribution is 5.74. The van der Waals surface area contributed by atoms with Crippen LogP contribution in [-0.4, -0.2) is 9.97 Å². The van der Waals surface area contributed by atoms with Crippen LogP contribution >= 0.6 is 0 Å². The Hall–Kier alpha value is -4.56. The number of imidazole rings is 1. The summed E-state index contributed by atoms with van der Waals surface area (Å²) >= 11 is 0. The maximum atomic E-state index is 8.27. The normalized spacial score (nSPS) is 9.67. The van der Waals surface area contributed by atoms with Gasteiger partial charge in [0.25, 0.3) is 0 Å². The summed E-state index contributed by atoms with van der Waals surface area (Å²) in [6.07, 6.45) is 1.37. The van der Waals surface area contributed by atoms with E-state index in [1.54, 1.807) is 12.1 Å². The molecule has 5 heteroatoms. The molecule has 0 unspecified atom stereocenters. The molecule has 0 aliphatic heterocycles. The van der Waals surface area contributed by atoms with Gasteiger partial charge < -0.3 is 16.5 Å². The van der Waals surface area contributed by atoms with Crippen LogP contribution in [-0.2, 0) is 12.8 Å². The van der Waals surface area contributed by atoms with E-state index in [0.717, 1.165) is 28.8 Å². The summed E-state index contributed by atoms with van der Waals surface area (Å²) in [5.41, 5.74) is 16.6. The minimum atomic E-state index is 0.515. The maximum Gasteiger partial charge on any atom is 0.111 e. The Bertz CT molecular complexity index is 1230. The molecule has 0 fully saturated rings. The Morgan fingerprint density at radius 3 is 1.73 bits per heavy atom. The molecule has 5 N–H and O–H groups in total. The zero-order valence-corrected chi connectivity index (χ0v) is 18.4. The number of aromatic nitrogens is 2. The standard InChI is InChI=1S/C14H12N2.C8H7N.C6H8N2/c1-2-6-11(7-3-1)10-14-15-12-8-4-5-9-13(12)16-14;9-7-6-8-4-2-1-3-5-8;7-5-3-1-2-4-6(5)8/h1-9H,10H2,(H,15,16);1-5H,6H2;1-4H,7-8H2. The summed E-state index contributed by atoms with van der Waals surface area (Å²) in [5, 5.41) is 8.27. The fourth-order valence-corrected chi connectivity index (χ4v) is 3.08. The maximum absolute atomic E-state index is 8.27. The minimum absolute atomic E-state index is 0.515. The predicted octanol–water partition coefficient (Wildman–Crippen LogP) is 5.76. The smallest absolute Gasteiger partial charge is 0.111 e. The highest BCUT2D eigenvalue weighted by Crippen LogP contribution is 2.13. The van der Waals surface area contributed by atoms with Crippen molar-refractivity contribution >= 4 is 22.4 Å². The number of nitrogens with zero attached hydrogens (tertiary/aromatic N) is 2. The monoisotopic (exact) mass is 433 g/mol. The SMILES string of the molecule is N#CCc1ccccc1.Nc1ccccc1N.c1ccc(Cc2nc3ccccc3[nH]2)cc1. The fraction of sp³-hybridized carbons (Fsp3) is 0.0714. The van der Waals surface area contributed by atoms with Gasteiger partial charge in [0.1, 0.15) is 5.82 Å². The first-order valence-electron chi connectivity index (χ1n) is 10.6. The lowest BCUT2D eigenvalue weighted by Gasteiger charge is -1.96. The number of para-hydroxylation sites is 4. The van der Waals surface area contributed by atoms with Crippen molar-refractivity contribution in [1.29, 1.82) is 5.26 Å². The van der Waals surface area contributed by atoms with Crippen LogP contribution in [0.3, 0.4) is 0 Å². The number of anilines is 2. The topological polar surface area (TPSA) is 105 Å². The average molecular weight is 434 g/mol. The van der Waals surface area contributed by atoms with Gasteiger partial charge in [-0.3, -0.25) is 0 Å². The van der Waals surface area contributed by atoms with E-state index in [1.165, 1.54) is 5.56 Å².